The third kappa shape index (κ3) is 4.82. The van der Waals surface area contributed by atoms with Crippen LogP contribution in [0.2, 0.25) is 0 Å². The van der Waals surface area contributed by atoms with Gasteiger partial charge in [0.25, 0.3) is 0 Å². The summed E-state index contributed by atoms with van der Waals surface area (Å²) in [6.07, 6.45) is 5.68. The van der Waals surface area contributed by atoms with Crippen LogP contribution < -0.4 is 4.57 Å². The molecule has 0 N–H and O–H groups in total. The lowest BCUT2D eigenvalue weighted by atomic mass is 9.77. The smallest absolute Gasteiger partial charge is 0.215 e. The van der Waals surface area contributed by atoms with Crippen LogP contribution in [-0.2, 0) is 28.2 Å². The van der Waals surface area contributed by atoms with Crippen LogP contribution in [0.4, 0.5) is 0 Å². The Bertz CT molecular complexity index is 1790. The van der Waals surface area contributed by atoms with E-state index in [1.54, 1.807) is 0 Å². The fourth-order valence-corrected chi connectivity index (χ4v) is 7.22. The van der Waals surface area contributed by atoms with E-state index in [0.717, 1.165) is 19.3 Å². The average Bonchev–Trinajstić information content (AvgIpc) is 3.28. The number of hydrogen-bond acceptors (Lipinski definition) is 0. The zero-order valence-corrected chi connectivity index (χ0v) is 28.4. The summed E-state index contributed by atoms with van der Waals surface area (Å²) in [4.78, 5) is 0. The molecule has 0 aliphatic carbocycles. The van der Waals surface area contributed by atoms with Crippen molar-refractivity contribution in [3.63, 3.8) is 0 Å². The predicted molar refractivity (Wildman–Crippen MR) is 185 cm³/mol. The number of aromatic nitrogens is 2. The van der Waals surface area contributed by atoms with Crippen LogP contribution in [0, 0.1) is 0 Å². The Hall–Kier alpha value is -3.39. The number of pyridine rings is 1. The van der Waals surface area contributed by atoms with Crippen LogP contribution >= 0.6 is 0 Å². The molecule has 5 aromatic rings. The lowest BCUT2D eigenvalue weighted by Crippen LogP contribution is -2.60. The Morgan fingerprint density at radius 1 is 0.628 bits per heavy atom. The molecule has 0 spiro atoms. The van der Waals surface area contributed by atoms with E-state index in [4.69, 9.17) is 0 Å². The standard InChI is InChI=1S/C41H51N2/c1-12-41(13-2)26-27-22-28(38(3,4)5)14-17-32(27)37-25-31(20-21-42(37)41)43-35-18-15-29(39(6,7)8)23-33(35)34-24-30(40(9,10)11)16-19-36(34)43/h14-25H,12-13,26H2,1-11H3/q+1. The van der Waals surface area contributed by atoms with Crippen LogP contribution in [0.3, 0.4) is 0 Å². The molecule has 3 heterocycles. The number of hydrogen-bond donors (Lipinski definition) is 0. The fourth-order valence-electron chi connectivity index (χ4n) is 7.22. The molecule has 0 amide bonds. The van der Waals surface area contributed by atoms with Gasteiger partial charge in [-0.3, -0.25) is 0 Å². The van der Waals surface area contributed by atoms with Crippen molar-refractivity contribution in [2.24, 2.45) is 0 Å². The molecular formula is C41H51N2+. The minimum atomic E-state index is 0.0847. The van der Waals surface area contributed by atoms with Gasteiger partial charge in [-0.1, -0.05) is 100 Å². The molecule has 1 aliphatic rings. The molecular weight excluding hydrogens is 520 g/mol. The Balaban J connectivity index is 1.65. The van der Waals surface area contributed by atoms with Crippen molar-refractivity contribution in [2.75, 3.05) is 0 Å². The third-order valence-corrected chi connectivity index (χ3v) is 10.3. The first-order valence-electron chi connectivity index (χ1n) is 16.4. The second kappa shape index (κ2) is 9.81. The molecule has 1 aliphatic heterocycles. The third-order valence-electron chi connectivity index (χ3n) is 10.3. The van der Waals surface area contributed by atoms with Gasteiger partial charge in [-0.15, -0.1) is 0 Å². The molecule has 224 valence electrons. The van der Waals surface area contributed by atoms with Crippen LogP contribution in [-0.4, -0.2) is 4.57 Å². The predicted octanol–water partition coefficient (Wildman–Crippen LogP) is 10.7. The van der Waals surface area contributed by atoms with E-state index in [1.807, 2.05) is 0 Å². The van der Waals surface area contributed by atoms with Gasteiger partial charge in [0.1, 0.15) is 0 Å². The van der Waals surface area contributed by atoms with Crippen molar-refractivity contribution in [3.8, 4) is 16.9 Å². The van der Waals surface area contributed by atoms with Gasteiger partial charge >= 0.3 is 0 Å². The van der Waals surface area contributed by atoms with Crippen molar-refractivity contribution < 1.29 is 4.57 Å². The highest BCUT2D eigenvalue weighted by Crippen LogP contribution is 2.41. The van der Waals surface area contributed by atoms with Crippen molar-refractivity contribution >= 4 is 21.8 Å². The summed E-state index contributed by atoms with van der Waals surface area (Å²) in [5.41, 5.74) is 12.5. The van der Waals surface area contributed by atoms with Crippen LogP contribution in [0.15, 0.2) is 72.9 Å². The minimum absolute atomic E-state index is 0.0847. The van der Waals surface area contributed by atoms with E-state index in [0.29, 0.717) is 0 Å². The summed E-state index contributed by atoms with van der Waals surface area (Å²) >= 11 is 0. The largest absolute Gasteiger partial charge is 0.309 e. The van der Waals surface area contributed by atoms with Gasteiger partial charge < -0.3 is 4.57 Å². The summed E-state index contributed by atoms with van der Waals surface area (Å²) in [5, 5.41) is 2.68. The zero-order chi connectivity index (χ0) is 31.1. The van der Waals surface area contributed by atoms with E-state index in [2.05, 4.69) is 158 Å². The highest BCUT2D eigenvalue weighted by molar-refractivity contribution is 6.10. The maximum atomic E-state index is 2.60. The molecule has 0 unspecified atom stereocenters. The first-order valence-corrected chi connectivity index (χ1v) is 16.4. The van der Waals surface area contributed by atoms with E-state index >= 15 is 0 Å². The molecule has 0 bridgehead atoms. The molecule has 0 fully saturated rings. The van der Waals surface area contributed by atoms with Crippen molar-refractivity contribution in [2.45, 2.75) is 117 Å². The molecule has 2 heteroatoms. The highest BCUT2D eigenvalue weighted by atomic mass is 15.1. The maximum absolute atomic E-state index is 2.60. The summed E-state index contributed by atoms with van der Waals surface area (Å²) in [6.45, 7) is 25.6. The van der Waals surface area contributed by atoms with Crippen LogP contribution in [0.5, 0.6) is 0 Å². The monoisotopic (exact) mass is 571 g/mol. The Labute approximate surface area is 259 Å². The zero-order valence-electron chi connectivity index (χ0n) is 28.4. The van der Waals surface area contributed by atoms with Crippen molar-refractivity contribution in [1.29, 1.82) is 0 Å². The molecule has 6 rings (SSSR count). The molecule has 2 nitrogen and oxygen atoms in total. The topological polar surface area (TPSA) is 8.81 Å². The summed E-state index contributed by atoms with van der Waals surface area (Å²) < 4.78 is 5.10. The first kappa shape index (κ1) is 29.7. The Morgan fingerprint density at radius 2 is 1.12 bits per heavy atom. The van der Waals surface area contributed by atoms with E-state index < -0.39 is 0 Å². The summed E-state index contributed by atoms with van der Waals surface area (Å²) in [5.74, 6) is 0. The lowest BCUT2D eigenvalue weighted by Gasteiger charge is -2.34. The molecule has 0 radical (unpaired) electrons. The van der Waals surface area contributed by atoms with Gasteiger partial charge in [0.15, 0.2) is 11.7 Å². The van der Waals surface area contributed by atoms with Crippen molar-refractivity contribution in [3.05, 3.63) is 95.2 Å². The van der Waals surface area contributed by atoms with Gasteiger partial charge in [-0.25, -0.2) is 0 Å². The lowest BCUT2D eigenvalue weighted by molar-refractivity contribution is -0.758. The molecule has 3 aromatic carbocycles. The first-order chi connectivity index (χ1) is 20.1. The minimum Gasteiger partial charge on any atom is -0.309 e. The van der Waals surface area contributed by atoms with Gasteiger partial charge in [0.2, 0.25) is 5.69 Å². The molecule has 0 saturated carbocycles. The number of rotatable bonds is 3. The van der Waals surface area contributed by atoms with Gasteiger partial charge in [0.05, 0.1) is 16.7 Å². The summed E-state index contributed by atoms with van der Waals surface area (Å²) in [7, 11) is 0. The van der Waals surface area contributed by atoms with E-state index in [1.165, 1.54) is 61.0 Å². The quantitative estimate of drug-likeness (QED) is 0.190. The normalized spacial score (nSPS) is 15.1. The second-order valence-corrected chi connectivity index (χ2v) is 16.2. The van der Waals surface area contributed by atoms with Crippen LogP contribution in [0.1, 0.15) is 111 Å². The molecule has 0 atom stereocenters. The second-order valence-electron chi connectivity index (χ2n) is 16.2. The number of fused-ring (bicyclic) bond motifs is 6. The Kier molecular flexibility index (Phi) is 6.77. The average molecular weight is 572 g/mol. The van der Waals surface area contributed by atoms with Gasteiger partial charge in [0, 0.05) is 47.7 Å². The molecule has 0 saturated heterocycles. The van der Waals surface area contributed by atoms with Gasteiger partial charge in [-0.05, 0) is 68.8 Å². The summed E-state index contributed by atoms with van der Waals surface area (Å²) in [6, 6.07) is 26.3. The molecule has 2 aromatic heterocycles. The SMILES string of the molecule is CCC1(CC)Cc2cc(C(C)(C)C)ccc2-c2cc(-n3c4ccc(C(C)(C)C)cc4c4cc(C(C)(C)C)ccc43)cc[n+]21. The fraction of sp³-hybridized carbons (Fsp3) is 0.439. The Morgan fingerprint density at radius 3 is 1.60 bits per heavy atom. The van der Waals surface area contributed by atoms with Crippen LogP contribution in [0.25, 0.3) is 38.8 Å². The number of nitrogens with zero attached hydrogens (tertiary/aromatic N) is 2. The van der Waals surface area contributed by atoms with E-state index in [9.17, 15) is 0 Å². The molecule has 43 heavy (non-hydrogen) atoms. The maximum Gasteiger partial charge on any atom is 0.215 e. The number of benzene rings is 3. The highest BCUT2D eigenvalue weighted by Gasteiger charge is 2.44. The van der Waals surface area contributed by atoms with E-state index in [-0.39, 0.29) is 21.8 Å². The van der Waals surface area contributed by atoms with Gasteiger partial charge in [-0.2, -0.15) is 4.57 Å². The van der Waals surface area contributed by atoms with Crippen molar-refractivity contribution in [1.82, 2.24) is 4.57 Å².